The first-order valence-corrected chi connectivity index (χ1v) is 11.1. The standard InChI is InChI=1S/C25H34N4O3/c1-26-24(27-11-8-12-28(2)3)29-16-19-13-22(30-4)23(31-5)14-20(19)25(17-29)15-18-9-6-7-10-21(18)32-25/h6-7,9-10,13-14H,8,11-12,15-17H2,1-5H3,(H,26,27). The van der Waals surface area contributed by atoms with E-state index in [0.29, 0.717) is 6.54 Å². The Hall–Kier alpha value is -2.93. The van der Waals surface area contributed by atoms with Gasteiger partial charge >= 0.3 is 0 Å². The average Bonchev–Trinajstić information content (AvgIpc) is 3.16. The van der Waals surface area contributed by atoms with Crippen molar-refractivity contribution in [3.8, 4) is 17.2 Å². The fourth-order valence-corrected chi connectivity index (χ4v) is 4.75. The molecule has 4 rings (SSSR count). The van der Waals surface area contributed by atoms with Crippen LogP contribution >= 0.6 is 0 Å². The fourth-order valence-electron chi connectivity index (χ4n) is 4.75. The average molecular weight is 439 g/mol. The smallest absolute Gasteiger partial charge is 0.194 e. The van der Waals surface area contributed by atoms with Crippen LogP contribution in [0.3, 0.4) is 0 Å². The van der Waals surface area contributed by atoms with Crippen LogP contribution in [-0.4, -0.2) is 70.8 Å². The Morgan fingerprint density at radius 1 is 1.16 bits per heavy atom. The maximum atomic E-state index is 6.69. The first-order valence-electron chi connectivity index (χ1n) is 11.1. The molecular weight excluding hydrogens is 404 g/mol. The lowest BCUT2D eigenvalue weighted by Crippen LogP contribution is -2.54. The summed E-state index contributed by atoms with van der Waals surface area (Å²) < 4.78 is 17.9. The molecule has 1 spiro atoms. The van der Waals surface area contributed by atoms with E-state index in [4.69, 9.17) is 14.2 Å². The van der Waals surface area contributed by atoms with E-state index < -0.39 is 5.60 Å². The summed E-state index contributed by atoms with van der Waals surface area (Å²) >= 11 is 0. The molecule has 0 fully saturated rings. The summed E-state index contributed by atoms with van der Waals surface area (Å²) in [6, 6.07) is 12.5. The number of para-hydroxylation sites is 1. The molecule has 0 saturated carbocycles. The Labute approximate surface area is 191 Å². The number of hydrogen-bond acceptors (Lipinski definition) is 5. The third-order valence-corrected chi connectivity index (χ3v) is 6.24. The van der Waals surface area contributed by atoms with E-state index >= 15 is 0 Å². The van der Waals surface area contributed by atoms with Crippen molar-refractivity contribution in [3.05, 3.63) is 53.1 Å². The van der Waals surface area contributed by atoms with Crippen LogP contribution in [0.4, 0.5) is 0 Å². The molecular formula is C25H34N4O3. The van der Waals surface area contributed by atoms with Gasteiger partial charge in [0.2, 0.25) is 0 Å². The van der Waals surface area contributed by atoms with Gasteiger partial charge in [0.1, 0.15) is 5.75 Å². The highest BCUT2D eigenvalue weighted by Gasteiger charge is 2.47. The van der Waals surface area contributed by atoms with Crippen molar-refractivity contribution in [2.24, 2.45) is 4.99 Å². The quantitative estimate of drug-likeness (QED) is 0.425. The summed E-state index contributed by atoms with van der Waals surface area (Å²) in [5, 5.41) is 3.54. The summed E-state index contributed by atoms with van der Waals surface area (Å²) in [5.41, 5.74) is 3.05. The molecule has 1 unspecified atom stereocenters. The molecule has 0 radical (unpaired) electrons. The lowest BCUT2D eigenvalue weighted by Gasteiger charge is -2.42. The van der Waals surface area contributed by atoms with Crippen molar-refractivity contribution >= 4 is 5.96 Å². The highest BCUT2D eigenvalue weighted by Crippen LogP contribution is 2.47. The number of fused-ring (bicyclic) bond motifs is 3. The van der Waals surface area contributed by atoms with Gasteiger partial charge in [0.05, 0.1) is 20.8 Å². The molecule has 2 heterocycles. The molecule has 0 saturated heterocycles. The van der Waals surface area contributed by atoms with Crippen molar-refractivity contribution in [3.63, 3.8) is 0 Å². The Bertz CT molecular complexity index is 964. The van der Waals surface area contributed by atoms with Gasteiger partial charge in [0, 0.05) is 32.1 Å². The lowest BCUT2D eigenvalue weighted by molar-refractivity contribution is 0.0492. The number of guanidine groups is 1. The van der Waals surface area contributed by atoms with Gasteiger partial charge in [-0.3, -0.25) is 4.99 Å². The topological polar surface area (TPSA) is 58.6 Å². The zero-order chi connectivity index (χ0) is 22.7. The molecule has 2 aromatic carbocycles. The van der Waals surface area contributed by atoms with E-state index in [0.717, 1.165) is 66.8 Å². The van der Waals surface area contributed by atoms with Crippen LogP contribution in [-0.2, 0) is 18.6 Å². The molecule has 7 heteroatoms. The number of nitrogens with one attached hydrogen (secondary N) is 1. The largest absolute Gasteiger partial charge is 0.493 e. The molecule has 172 valence electrons. The number of methoxy groups -OCH3 is 2. The Morgan fingerprint density at radius 2 is 1.91 bits per heavy atom. The molecule has 2 aliphatic heterocycles. The molecule has 0 amide bonds. The van der Waals surface area contributed by atoms with E-state index in [9.17, 15) is 0 Å². The Balaban J connectivity index is 1.67. The molecule has 0 aliphatic carbocycles. The molecule has 2 aliphatic rings. The maximum absolute atomic E-state index is 6.69. The van der Waals surface area contributed by atoms with Crippen LogP contribution in [0.5, 0.6) is 17.2 Å². The van der Waals surface area contributed by atoms with Gasteiger partial charge in [-0.1, -0.05) is 18.2 Å². The zero-order valence-corrected chi connectivity index (χ0v) is 19.8. The number of benzene rings is 2. The Kier molecular flexibility index (Phi) is 6.46. The van der Waals surface area contributed by atoms with E-state index in [-0.39, 0.29) is 0 Å². The van der Waals surface area contributed by atoms with Crippen LogP contribution in [0.25, 0.3) is 0 Å². The highest BCUT2D eigenvalue weighted by atomic mass is 16.5. The van der Waals surface area contributed by atoms with Gasteiger partial charge in [0.15, 0.2) is 23.1 Å². The van der Waals surface area contributed by atoms with Crippen LogP contribution in [0.2, 0.25) is 0 Å². The predicted octanol–water partition coefficient (Wildman–Crippen LogP) is 2.88. The van der Waals surface area contributed by atoms with Crippen molar-refractivity contribution in [2.45, 2.75) is 25.0 Å². The van der Waals surface area contributed by atoms with Gasteiger partial charge < -0.3 is 29.3 Å². The van der Waals surface area contributed by atoms with Gasteiger partial charge in [-0.2, -0.15) is 0 Å². The number of hydrogen-bond donors (Lipinski definition) is 1. The Morgan fingerprint density at radius 3 is 2.59 bits per heavy atom. The van der Waals surface area contributed by atoms with Crippen LogP contribution in [0, 0.1) is 0 Å². The van der Waals surface area contributed by atoms with E-state index in [1.54, 1.807) is 14.2 Å². The molecule has 32 heavy (non-hydrogen) atoms. The molecule has 0 bridgehead atoms. The molecule has 0 aromatic heterocycles. The molecule has 1 atom stereocenters. The summed E-state index contributed by atoms with van der Waals surface area (Å²) in [5.74, 6) is 3.30. The monoisotopic (exact) mass is 438 g/mol. The van der Waals surface area contributed by atoms with E-state index in [1.807, 2.05) is 13.1 Å². The van der Waals surface area contributed by atoms with Gasteiger partial charge in [0.25, 0.3) is 0 Å². The van der Waals surface area contributed by atoms with Crippen molar-refractivity contribution in [1.29, 1.82) is 0 Å². The minimum atomic E-state index is -0.502. The first-order chi connectivity index (χ1) is 15.5. The SMILES string of the molecule is CN=C(NCCCN(C)C)N1Cc2cc(OC)c(OC)cc2C2(Cc3ccccc3O2)C1. The van der Waals surface area contributed by atoms with Crippen LogP contribution in [0.15, 0.2) is 41.4 Å². The molecule has 1 N–H and O–H groups in total. The minimum Gasteiger partial charge on any atom is -0.493 e. The lowest BCUT2D eigenvalue weighted by atomic mass is 9.82. The van der Waals surface area contributed by atoms with Crippen molar-refractivity contribution in [2.75, 3.05) is 55.0 Å². The second-order valence-electron chi connectivity index (χ2n) is 8.73. The summed E-state index contributed by atoms with van der Waals surface area (Å²) in [6.45, 7) is 3.34. The summed E-state index contributed by atoms with van der Waals surface area (Å²) in [6.07, 6.45) is 1.86. The van der Waals surface area contributed by atoms with Gasteiger partial charge in [-0.25, -0.2) is 0 Å². The number of nitrogens with zero attached hydrogens (tertiary/aromatic N) is 3. The molecule has 2 aromatic rings. The second-order valence-corrected chi connectivity index (χ2v) is 8.73. The fraction of sp³-hybridized carbons (Fsp3) is 0.480. The summed E-state index contributed by atoms with van der Waals surface area (Å²) in [7, 11) is 9.38. The maximum Gasteiger partial charge on any atom is 0.194 e. The third-order valence-electron chi connectivity index (χ3n) is 6.24. The zero-order valence-electron chi connectivity index (χ0n) is 19.8. The van der Waals surface area contributed by atoms with Crippen LogP contribution in [0.1, 0.15) is 23.1 Å². The number of aliphatic imine (C=N–C) groups is 1. The van der Waals surface area contributed by atoms with E-state index in [1.165, 1.54) is 5.56 Å². The normalized spacial score (nSPS) is 19.6. The van der Waals surface area contributed by atoms with Gasteiger partial charge in [-0.05, 0) is 56.4 Å². The molecule has 7 nitrogen and oxygen atoms in total. The number of ether oxygens (including phenoxy) is 3. The first kappa shape index (κ1) is 22.3. The van der Waals surface area contributed by atoms with Gasteiger partial charge in [-0.15, -0.1) is 0 Å². The number of rotatable bonds is 6. The van der Waals surface area contributed by atoms with Crippen LogP contribution < -0.4 is 19.5 Å². The third kappa shape index (κ3) is 4.21. The van der Waals surface area contributed by atoms with Crippen molar-refractivity contribution in [1.82, 2.24) is 15.1 Å². The van der Waals surface area contributed by atoms with Crippen molar-refractivity contribution < 1.29 is 14.2 Å². The minimum absolute atomic E-state index is 0.502. The predicted molar refractivity (Wildman–Crippen MR) is 127 cm³/mol. The van der Waals surface area contributed by atoms with E-state index in [2.05, 4.69) is 64.5 Å². The second kappa shape index (κ2) is 9.28. The highest BCUT2D eigenvalue weighted by molar-refractivity contribution is 5.80. The summed E-state index contributed by atoms with van der Waals surface area (Å²) in [4.78, 5) is 9.07.